The molecule has 182 valence electrons. The van der Waals surface area contributed by atoms with Crippen LogP contribution in [0.15, 0.2) is 71.8 Å². The number of aromatic nitrogens is 1. The molecular weight excluding hydrogens is 537 g/mol. The summed E-state index contributed by atoms with van der Waals surface area (Å²) in [4.78, 5) is 17.1. The summed E-state index contributed by atoms with van der Waals surface area (Å²) >= 11 is 18.3. The minimum absolute atomic E-state index is 0.0214. The van der Waals surface area contributed by atoms with Gasteiger partial charge in [-0.15, -0.1) is 0 Å². The van der Waals surface area contributed by atoms with Crippen LogP contribution in [0.5, 0.6) is 5.75 Å². The van der Waals surface area contributed by atoms with Gasteiger partial charge in [0.15, 0.2) is 17.7 Å². The summed E-state index contributed by atoms with van der Waals surface area (Å²) in [6.45, 7) is 5.03. The fraction of sp³-hybridized carbons (Fsp3) is 0.130. The van der Waals surface area contributed by atoms with Gasteiger partial charge in [-0.3, -0.25) is 4.79 Å². The number of fused-ring (bicyclic) bond motifs is 1. The zero-order valence-corrected chi connectivity index (χ0v) is 21.2. The van der Waals surface area contributed by atoms with Crippen molar-refractivity contribution in [2.45, 2.75) is 24.0 Å². The van der Waals surface area contributed by atoms with Crippen molar-refractivity contribution in [3.63, 3.8) is 0 Å². The number of hydrogen-bond donors (Lipinski definition) is 2. The van der Waals surface area contributed by atoms with Gasteiger partial charge in [-0.2, -0.15) is 0 Å². The first-order valence-electron chi connectivity index (χ1n) is 10.1. The molecule has 0 aliphatic carbocycles. The van der Waals surface area contributed by atoms with E-state index in [9.17, 15) is 18.3 Å². The predicted octanol–water partition coefficient (Wildman–Crippen LogP) is 5.71. The SMILES string of the molecule is C=C(O)[C@@H]1Oc2ccc(NC(=O)c3c(Cl)cccc3Cl)nc2N(S(=O)(=O)c2cccc(Cl)c2)[C@H]1C. The van der Waals surface area contributed by atoms with E-state index in [1.165, 1.54) is 49.4 Å². The Balaban J connectivity index is 1.80. The molecule has 0 saturated heterocycles. The van der Waals surface area contributed by atoms with E-state index in [2.05, 4.69) is 16.9 Å². The van der Waals surface area contributed by atoms with Gasteiger partial charge in [0.1, 0.15) is 11.6 Å². The van der Waals surface area contributed by atoms with Crippen LogP contribution in [0.1, 0.15) is 17.3 Å². The summed E-state index contributed by atoms with van der Waals surface area (Å²) < 4.78 is 34.1. The molecule has 2 heterocycles. The molecule has 3 aromatic rings. The second-order valence-corrected chi connectivity index (χ2v) is 10.7. The number of pyridine rings is 1. The molecule has 1 aliphatic heterocycles. The molecule has 0 unspecified atom stereocenters. The highest BCUT2D eigenvalue weighted by atomic mass is 35.5. The van der Waals surface area contributed by atoms with Crippen molar-refractivity contribution in [1.29, 1.82) is 0 Å². The Morgan fingerprint density at radius 1 is 1.11 bits per heavy atom. The lowest BCUT2D eigenvalue weighted by Gasteiger charge is -2.39. The van der Waals surface area contributed by atoms with Crippen LogP contribution in [-0.4, -0.2) is 36.6 Å². The van der Waals surface area contributed by atoms with E-state index in [1.54, 1.807) is 12.1 Å². The van der Waals surface area contributed by atoms with E-state index in [4.69, 9.17) is 39.5 Å². The van der Waals surface area contributed by atoms with Crippen LogP contribution in [-0.2, 0) is 10.0 Å². The summed E-state index contributed by atoms with van der Waals surface area (Å²) in [6, 6.07) is 12.2. The summed E-state index contributed by atoms with van der Waals surface area (Å²) in [7, 11) is -4.23. The Morgan fingerprint density at radius 2 is 1.77 bits per heavy atom. The number of aliphatic hydroxyl groups excluding tert-OH is 1. The molecule has 4 rings (SSSR count). The Hall–Kier alpha value is -2.98. The molecule has 2 atom stereocenters. The second-order valence-electron chi connectivity index (χ2n) is 7.60. The van der Waals surface area contributed by atoms with Crippen molar-refractivity contribution in [3.05, 3.63) is 87.6 Å². The molecule has 35 heavy (non-hydrogen) atoms. The maximum absolute atomic E-state index is 13.7. The lowest BCUT2D eigenvalue weighted by molar-refractivity contribution is 0.102. The van der Waals surface area contributed by atoms with Crippen LogP contribution >= 0.6 is 34.8 Å². The summed E-state index contributed by atoms with van der Waals surface area (Å²) in [5.41, 5.74) is 0.0417. The van der Waals surface area contributed by atoms with E-state index in [0.29, 0.717) is 0 Å². The Kier molecular flexibility index (Phi) is 6.88. The normalized spacial score (nSPS) is 17.3. The molecule has 1 amide bonds. The first kappa shape index (κ1) is 25.1. The third kappa shape index (κ3) is 4.77. The van der Waals surface area contributed by atoms with Crippen LogP contribution in [0, 0.1) is 0 Å². The highest BCUT2D eigenvalue weighted by molar-refractivity contribution is 7.92. The Morgan fingerprint density at radius 3 is 2.40 bits per heavy atom. The van der Waals surface area contributed by atoms with Crippen LogP contribution < -0.4 is 14.4 Å². The average Bonchev–Trinajstić information content (AvgIpc) is 2.78. The molecule has 0 fully saturated rings. The van der Waals surface area contributed by atoms with Gasteiger partial charge in [0.2, 0.25) is 0 Å². The minimum Gasteiger partial charge on any atom is -0.509 e. The van der Waals surface area contributed by atoms with Crippen molar-refractivity contribution in [3.8, 4) is 5.75 Å². The van der Waals surface area contributed by atoms with Crippen molar-refractivity contribution in [2.75, 3.05) is 9.62 Å². The topological polar surface area (TPSA) is 109 Å². The zero-order valence-electron chi connectivity index (χ0n) is 18.1. The molecule has 2 aromatic carbocycles. The summed E-state index contributed by atoms with van der Waals surface area (Å²) in [5.74, 6) is -1.02. The standard InChI is InChI=1S/C23H18Cl3N3O5S/c1-12-21(13(2)30)34-18-9-10-19(28-23(31)20-16(25)7-4-8-17(20)26)27-22(18)29(12)35(32,33)15-6-3-5-14(24)11-15/h3-12,21,30H,2H2,1H3,(H,27,28,31)/t12-,21+/m0/s1. The number of rotatable bonds is 5. The average molecular weight is 555 g/mol. The smallest absolute Gasteiger partial charge is 0.266 e. The van der Waals surface area contributed by atoms with E-state index in [1.807, 2.05) is 0 Å². The fourth-order valence-corrected chi connectivity index (χ4v) is 6.10. The number of amides is 1. The number of benzene rings is 2. The van der Waals surface area contributed by atoms with Gasteiger partial charge in [0, 0.05) is 5.02 Å². The molecule has 0 saturated carbocycles. The largest absolute Gasteiger partial charge is 0.509 e. The van der Waals surface area contributed by atoms with E-state index >= 15 is 0 Å². The van der Waals surface area contributed by atoms with Crippen molar-refractivity contribution in [1.82, 2.24) is 4.98 Å². The first-order chi connectivity index (χ1) is 16.5. The number of aliphatic hydroxyl groups is 1. The molecule has 0 spiro atoms. The highest BCUT2D eigenvalue weighted by Gasteiger charge is 2.43. The first-order valence-corrected chi connectivity index (χ1v) is 12.7. The minimum atomic E-state index is -4.23. The van der Waals surface area contributed by atoms with Crippen LogP contribution in [0.2, 0.25) is 15.1 Å². The van der Waals surface area contributed by atoms with Gasteiger partial charge in [0.25, 0.3) is 15.9 Å². The van der Waals surface area contributed by atoms with Gasteiger partial charge in [-0.25, -0.2) is 17.7 Å². The van der Waals surface area contributed by atoms with Crippen LogP contribution in [0.4, 0.5) is 11.6 Å². The molecule has 2 N–H and O–H groups in total. The molecule has 8 nitrogen and oxygen atoms in total. The maximum Gasteiger partial charge on any atom is 0.266 e. The quantitative estimate of drug-likeness (QED) is 0.391. The lowest BCUT2D eigenvalue weighted by Crippen LogP contribution is -2.51. The number of sulfonamides is 1. The predicted molar refractivity (Wildman–Crippen MR) is 135 cm³/mol. The van der Waals surface area contributed by atoms with Crippen molar-refractivity contribution < 1.29 is 23.1 Å². The number of hydrogen-bond acceptors (Lipinski definition) is 6. The number of ether oxygens (including phenoxy) is 1. The van der Waals surface area contributed by atoms with Crippen LogP contribution in [0.25, 0.3) is 0 Å². The number of nitrogens with zero attached hydrogens (tertiary/aromatic N) is 2. The molecule has 1 aromatic heterocycles. The van der Waals surface area contributed by atoms with E-state index < -0.39 is 28.1 Å². The summed E-state index contributed by atoms with van der Waals surface area (Å²) in [6.07, 6.45) is -1.07. The third-order valence-electron chi connectivity index (χ3n) is 5.22. The lowest BCUT2D eigenvalue weighted by atomic mass is 10.1. The Bertz CT molecular complexity index is 1430. The maximum atomic E-state index is 13.7. The van der Waals surface area contributed by atoms with Crippen LogP contribution in [0.3, 0.4) is 0 Å². The zero-order chi connectivity index (χ0) is 25.5. The third-order valence-corrected chi connectivity index (χ3v) is 7.96. The molecular formula is C23H18Cl3N3O5S. The van der Waals surface area contributed by atoms with Gasteiger partial charge in [-0.1, -0.05) is 53.5 Å². The van der Waals surface area contributed by atoms with E-state index in [-0.39, 0.29) is 48.7 Å². The van der Waals surface area contributed by atoms with Crippen molar-refractivity contribution in [2.24, 2.45) is 0 Å². The Labute approximate surface area is 216 Å². The van der Waals surface area contributed by atoms with Gasteiger partial charge in [0.05, 0.1) is 26.5 Å². The van der Waals surface area contributed by atoms with Crippen molar-refractivity contribution >= 4 is 62.4 Å². The fourth-order valence-electron chi connectivity index (χ4n) is 3.62. The number of halogens is 3. The monoisotopic (exact) mass is 553 g/mol. The number of anilines is 2. The van der Waals surface area contributed by atoms with Gasteiger partial charge >= 0.3 is 0 Å². The number of carbonyl (C=O) groups excluding carboxylic acids is 1. The van der Waals surface area contributed by atoms with Gasteiger partial charge in [-0.05, 0) is 49.4 Å². The second kappa shape index (κ2) is 9.58. The van der Waals surface area contributed by atoms with Gasteiger partial charge < -0.3 is 15.2 Å². The number of carbonyl (C=O) groups is 1. The molecule has 0 bridgehead atoms. The van der Waals surface area contributed by atoms with E-state index in [0.717, 1.165) is 4.31 Å². The summed E-state index contributed by atoms with van der Waals surface area (Å²) in [5, 5.41) is 13.1. The molecule has 12 heteroatoms. The molecule has 1 aliphatic rings. The molecule has 0 radical (unpaired) electrons. The number of nitrogens with one attached hydrogen (secondary N) is 1. The highest BCUT2D eigenvalue weighted by Crippen LogP contribution is 2.40.